The second kappa shape index (κ2) is 3.23. The van der Waals surface area contributed by atoms with Crippen molar-refractivity contribution in [3.63, 3.8) is 0 Å². The van der Waals surface area contributed by atoms with Gasteiger partial charge in [-0.1, -0.05) is 22.8 Å². The lowest BCUT2D eigenvalue weighted by atomic mass is 10.2. The number of rotatable bonds is 1. The Morgan fingerprint density at radius 1 is 1.46 bits per heavy atom. The van der Waals surface area contributed by atoms with E-state index in [1.807, 2.05) is 31.2 Å². The smallest absolute Gasteiger partial charge is 0.167 e. The SMILES string of the molecule is C/C=C/c1noc2ccc(Cl)cc12. The topological polar surface area (TPSA) is 26.0 Å². The van der Waals surface area contributed by atoms with Gasteiger partial charge in [-0.2, -0.15) is 0 Å². The van der Waals surface area contributed by atoms with E-state index >= 15 is 0 Å². The van der Waals surface area contributed by atoms with E-state index in [1.165, 1.54) is 0 Å². The van der Waals surface area contributed by atoms with Crippen molar-refractivity contribution in [3.05, 3.63) is 35.0 Å². The molecule has 1 aromatic heterocycles. The molecule has 2 aromatic rings. The second-order valence-electron chi connectivity index (χ2n) is 2.71. The molecule has 2 rings (SSSR count). The van der Waals surface area contributed by atoms with Crippen LogP contribution in [0.5, 0.6) is 0 Å². The normalized spacial score (nSPS) is 11.5. The lowest BCUT2D eigenvalue weighted by Gasteiger charge is -1.88. The molecular formula is C10H8ClNO. The summed E-state index contributed by atoms with van der Waals surface area (Å²) in [5.41, 5.74) is 1.58. The maximum atomic E-state index is 5.85. The molecule has 0 radical (unpaired) electrons. The largest absolute Gasteiger partial charge is 0.356 e. The van der Waals surface area contributed by atoms with E-state index in [0.29, 0.717) is 5.02 Å². The molecule has 0 aliphatic rings. The van der Waals surface area contributed by atoms with Crippen LogP contribution in [0.3, 0.4) is 0 Å². The molecule has 1 aromatic carbocycles. The van der Waals surface area contributed by atoms with Crippen LogP contribution in [0.2, 0.25) is 5.02 Å². The highest BCUT2D eigenvalue weighted by Crippen LogP contribution is 2.23. The quantitative estimate of drug-likeness (QED) is 0.693. The molecule has 13 heavy (non-hydrogen) atoms. The molecule has 0 aliphatic heterocycles. The lowest BCUT2D eigenvalue weighted by Crippen LogP contribution is -1.70. The number of hydrogen-bond donors (Lipinski definition) is 0. The van der Waals surface area contributed by atoms with E-state index < -0.39 is 0 Å². The van der Waals surface area contributed by atoms with Crippen LogP contribution < -0.4 is 0 Å². The number of hydrogen-bond acceptors (Lipinski definition) is 2. The molecule has 0 amide bonds. The Morgan fingerprint density at radius 2 is 2.31 bits per heavy atom. The highest BCUT2D eigenvalue weighted by molar-refractivity contribution is 6.31. The fourth-order valence-electron chi connectivity index (χ4n) is 1.21. The third-order valence-corrected chi connectivity index (χ3v) is 2.02. The minimum absolute atomic E-state index is 0.696. The molecule has 0 saturated heterocycles. The average Bonchev–Trinajstić information content (AvgIpc) is 2.49. The maximum absolute atomic E-state index is 5.85. The van der Waals surface area contributed by atoms with Gasteiger partial charge in [0.1, 0.15) is 5.69 Å². The van der Waals surface area contributed by atoms with Crippen molar-refractivity contribution in [2.75, 3.05) is 0 Å². The Bertz CT molecular complexity index is 459. The third kappa shape index (κ3) is 1.45. The molecule has 1 heterocycles. The van der Waals surface area contributed by atoms with Gasteiger partial charge >= 0.3 is 0 Å². The average molecular weight is 194 g/mol. The summed E-state index contributed by atoms with van der Waals surface area (Å²) in [4.78, 5) is 0. The van der Waals surface area contributed by atoms with Gasteiger partial charge in [0, 0.05) is 5.02 Å². The molecule has 0 atom stereocenters. The van der Waals surface area contributed by atoms with E-state index in [0.717, 1.165) is 16.7 Å². The molecule has 0 fully saturated rings. The minimum Gasteiger partial charge on any atom is -0.356 e. The van der Waals surface area contributed by atoms with Gasteiger partial charge in [-0.25, -0.2) is 0 Å². The van der Waals surface area contributed by atoms with Crippen LogP contribution in [0.15, 0.2) is 28.8 Å². The first-order valence-corrected chi connectivity index (χ1v) is 4.36. The van der Waals surface area contributed by atoms with Crippen molar-refractivity contribution in [1.29, 1.82) is 0 Å². The van der Waals surface area contributed by atoms with Crippen molar-refractivity contribution >= 4 is 28.6 Å². The molecule has 66 valence electrons. The van der Waals surface area contributed by atoms with E-state index in [2.05, 4.69) is 5.16 Å². The zero-order valence-electron chi connectivity index (χ0n) is 7.12. The second-order valence-corrected chi connectivity index (χ2v) is 3.14. The van der Waals surface area contributed by atoms with E-state index in [9.17, 15) is 0 Å². The first-order valence-electron chi connectivity index (χ1n) is 3.99. The molecule has 0 spiro atoms. The zero-order chi connectivity index (χ0) is 9.26. The van der Waals surface area contributed by atoms with Crippen molar-refractivity contribution in [1.82, 2.24) is 5.16 Å². The summed E-state index contributed by atoms with van der Waals surface area (Å²) in [6, 6.07) is 5.45. The highest BCUT2D eigenvalue weighted by Gasteiger charge is 2.04. The van der Waals surface area contributed by atoms with Crippen molar-refractivity contribution in [3.8, 4) is 0 Å². The number of aromatic nitrogens is 1. The monoisotopic (exact) mass is 193 g/mol. The van der Waals surface area contributed by atoms with Crippen LogP contribution in [0.4, 0.5) is 0 Å². The Hall–Kier alpha value is -1.28. The van der Waals surface area contributed by atoms with Gasteiger partial charge in [-0.05, 0) is 31.2 Å². The van der Waals surface area contributed by atoms with Gasteiger partial charge in [0.25, 0.3) is 0 Å². The Kier molecular flexibility index (Phi) is 2.07. The fraction of sp³-hybridized carbons (Fsp3) is 0.100. The molecule has 0 aliphatic carbocycles. The lowest BCUT2D eigenvalue weighted by molar-refractivity contribution is 0.454. The maximum Gasteiger partial charge on any atom is 0.167 e. The van der Waals surface area contributed by atoms with Gasteiger partial charge in [-0.15, -0.1) is 0 Å². The van der Waals surface area contributed by atoms with Crippen LogP contribution in [-0.4, -0.2) is 5.16 Å². The van der Waals surface area contributed by atoms with Crippen molar-refractivity contribution in [2.45, 2.75) is 6.92 Å². The van der Waals surface area contributed by atoms with Crippen LogP contribution in [0.25, 0.3) is 17.0 Å². The Labute approximate surface area is 80.8 Å². The van der Waals surface area contributed by atoms with Gasteiger partial charge in [0.2, 0.25) is 0 Å². The van der Waals surface area contributed by atoms with Gasteiger partial charge < -0.3 is 4.52 Å². The standard InChI is InChI=1S/C10H8ClNO/c1-2-3-9-8-6-7(11)4-5-10(8)13-12-9/h2-6H,1H3/b3-2+. The first-order chi connectivity index (χ1) is 6.31. The van der Waals surface area contributed by atoms with Crippen LogP contribution in [0, 0.1) is 0 Å². The number of halogens is 1. The van der Waals surface area contributed by atoms with Crippen LogP contribution in [-0.2, 0) is 0 Å². The Morgan fingerprint density at radius 3 is 3.08 bits per heavy atom. The van der Waals surface area contributed by atoms with Crippen molar-refractivity contribution < 1.29 is 4.52 Å². The molecule has 2 nitrogen and oxygen atoms in total. The van der Waals surface area contributed by atoms with Crippen molar-refractivity contribution in [2.24, 2.45) is 0 Å². The predicted octanol–water partition coefficient (Wildman–Crippen LogP) is 3.51. The molecule has 0 bridgehead atoms. The van der Waals surface area contributed by atoms with Gasteiger partial charge in [0.05, 0.1) is 5.39 Å². The summed E-state index contributed by atoms with van der Waals surface area (Å²) in [5, 5.41) is 5.55. The summed E-state index contributed by atoms with van der Waals surface area (Å²) < 4.78 is 5.10. The number of fused-ring (bicyclic) bond motifs is 1. The van der Waals surface area contributed by atoms with Gasteiger partial charge in [0.15, 0.2) is 5.58 Å². The zero-order valence-corrected chi connectivity index (χ0v) is 7.88. The summed E-state index contributed by atoms with van der Waals surface area (Å²) >= 11 is 5.85. The first kappa shape index (κ1) is 8.32. The summed E-state index contributed by atoms with van der Waals surface area (Å²) in [5.74, 6) is 0. The number of benzene rings is 1. The number of allylic oxidation sites excluding steroid dienone is 1. The minimum atomic E-state index is 0.696. The van der Waals surface area contributed by atoms with Crippen LogP contribution in [0.1, 0.15) is 12.6 Å². The van der Waals surface area contributed by atoms with E-state index in [4.69, 9.17) is 16.1 Å². The fourth-order valence-corrected chi connectivity index (χ4v) is 1.38. The molecule has 3 heteroatoms. The van der Waals surface area contributed by atoms with E-state index in [-0.39, 0.29) is 0 Å². The van der Waals surface area contributed by atoms with E-state index in [1.54, 1.807) is 6.07 Å². The molecule has 0 N–H and O–H groups in total. The highest BCUT2D eigenvalue weighted by atomic mass is 35.5. The summed E-state index contributed by atoms with van der Waals surface area (Å²) in [6.45, 7) is 1.94. The third-order valence-electron chi connectivity index (χ3n) is 1.78. The predicted molar refractivity (Wildman–Crippen MR) is 53.7 cm³/mol. The molecular weight excluding hydrogens is 186 g/mol. The molecule has 0 unspecified atom stereocenters. The number of nitrogens with zero attached hydrogens (tertiary/aromatic N) is 1. The van der Waals surface area contributed by atoms with Crippen LogP contribution >= 0.6 is 11.6 Å². The van der Waals surface area contributed by atoms with Gasteiger partial charge in [-0.3, -0.25) is 0 Å². The molecule has 0 saturated carbocycles. The summed E-state index contributed by atoms with van der Waals surface area (Å²) in [7, 11) is 0. The summed E-state index contributed by atoms with van der Waals surface area (Å²) in [6.07, 6.45) is 3.81. The Balaban J connectivity index is 2.71.